The highest BCUT2D eigenvalue weighted by atomic mass is 80.0. The molecule has 0 aliphatic heterocycles. The number of aromatic hydroxyl groups is 1. The lowest BCUT2D eigenvalue weighted by molar-refractivity contribution is 0.470. The number of halogens is 4. The first-order valence-electron chi connectivity index (χ1n) is 2.97. The fraction of sp³-hybridized carbons (Fsp3) is 0.143. The van der Waals surface area contributed by atoms with Gasteiger partial charge in [0.2, 0.25) is 0 Å². The van der Waals surface area contributed by atoms with Crippen LogP contribution in [-0.2, 0) is 2.14 Å². The minimum Gasteiger partial charge on any atom is -0.507 e. The van der Waals surface area contributed by atoms with Crippen LogP contribution in [0.5, 0.6) is 5.75 Å². The van der Waals surface area contributed by atoms with E-state index >= 15 is 0 Å². The Labute approximate surface area is 100 Å². The Morgan fingerprint density at radius 2 is 1.83 bits per heavy atom. The number of alkyl halides is 3. The van der Waals surface area contributed by atoms with Crippen molar-refractivity contribution in [1.29, 1.82) is 0 Å². The fourth-order valence-corrected chi connectivity index (χ4v) is 2.70. The van der Waals surface area contributed by atoms with Crippen LogP contribution in [0.2, 0.25) is 5.02 Å². The number of phenols is 1. The van der Waals surface area contributed by atoms with Crippen molar-refractivity contribution in [3.63, 3.8) is 0 Å². The first-order valence-corrected chi connectivity index (χ1v) is 5.73. The predicted octanol–water partition coefficient (Wildman–Crippen LogP) is 4.34. The Balaban J connectivity index is 3.31. The Morgan fingerprint density at radius 1 is 1.25 bits per heavy atom. The van der Waals surface area contributed by atoms with E-state index in [1.807, 2.05) is 0 Å². The van der Waals surface area contributed by atoms with Gasteiger partial charge >= 0.3 is 0 Å². The molecule has 0 spiro atoms. The highest BCUT2D eigenvalue weighted by Crippen LogP contribution is 2.50. The van der Waals surface area contributed by atoms with Crippen molar-refractivity contribution >= 4 is 59.4 Å². The molecular formula is C7H4Br3ClO. The number of hydrogen-bond acceptors (Lipinski definition) is 1. The van der Waals surface area contributed by atoms with E-state index in [9.17, 15) is 5.11 Å². The van der Waals surface area contributed by atoms with E-state index in [1.165, 1.54) is 0 Å². The zero-order valence-corrected chi connectivity index (χ0v) is 11.2. The first kappa shape index (κ1) is 10.8. The topological polar surface area (TPSA) is 20.2 Å². The third kappa shape index (κ3) is 2.37. The van der Waals surface area contributed by atoms with Crippen molar-refractivity contribution in [3.8, 4) is 5.75 Å². The van der Waals surface area contributed by atoms with E-state index in [0.29, 0.717) is 10.6 Å². The van der Waals surface area contributed by atoms with Crippen molar-refractivity contribution in [2.75, 3.05) is 0 Å². The molecule has 0 saturated carbocycles. The Bertz CT molecular complexity index is 275. The first-order chi connectivity index (χ1) is 5.43. The van der Waals surface area contributed by atoms with Gasteiger partial charge in [-0.3, -0.25) is 0 Å². The van der Waals surface area contributed by atoms with E-state index in [0.717, 1.165) is 0 Å². The molecule has 0 radical (unpaired) electrons. The van der Waals surface area contributed by atoms with Crippen LogP contribution in [-0.4, -0.2) is 5.11 Å². The van der Waals surface area contributed by atoms with Gasteiger partial charge in [0.15, 0.2) is 2.14 Å². The number of benzene rings is 1. The molecule has 0 aliphatic carbocycles. The molecule has 66 valence electrons. The van der Waals surface area contributed by atoms with Gasteiger partial charge in [-0.2, -0.15) is 0 Å². The van der Waals surface area contributed by atoms with Crippen LogP contribution in [0.4, 0.5) is 0 Å². The molecule has 0 atom stereocenters. The second kappa shape index (κ2) is 3.86. The van der Waals surface area contributed by atoms with Crippen LogP contribution in [0.25, 0.3) is 0 Å². The fourth-order valence-electron chi connectivity index (χ4n) is 0.793. The van der Waals surface area contributed by atoms with Crippen molar-refractivity contribution < 1.29 is 5.11 Å². The third-order valence-corrected chi connectivity index (χ3v) is 2.78. The highest BCUT2D eigenvalue weighted by Gasteiger charge is 2.27. The standard InChI is InChI=1S/C7H4Br3ClO/c8-7(9,10)6-4(11)2-1-3-5(6)12/h1-3,12H. The van der Waals surface area contributed by atoms with Gasteiger partial charge in [-0.05, 0) is 12.1 Å². The van der Waals surface area contributed by atoms with Gasteiger partial charge in [0.05, 0.1) is 10.6 Å². The van der Waals surface area contributed by atoms with E-state index in [1.54, 1.807) is 18.2 Å². The normalized spacial score (nSPS) is 11.7. The van der Waals surface area contributed by atoms with Crippen LogP contribution in [0, 0.1) is 0 Å². The molecule has 0 fully saturated rings. The van der Waals surface area contributed by atoms with Gasteiger partial charge in [-0.15, -0.1) is 0 Å². The highest BCUT2D eigenvalue weighted by molar-refractivity contribution is 9.38. The summed E-state index contributed by atoms with van der Waals surface area (Å²) in [5.74, 6) is 0.133. The van der Waals surface area contributed by atoms with Crippen LogP contribution >= 0.6 is 59.4 Å². The second-order valence-corrected chi connectivity index (χ2v) is 9.30. The summed E-state index contributed by atoms with van der Waals surface area (Å²) in [6.45, 7) is 0. The largest absolute Gasteiger partial charge is 0.507 e. The van der Waals surface area contributed by atoms with E-state index in [2.05, 4.69) is 47.8 Å². The van der Waals surface area contributed by atoms with Crippen molar-refractivity contribution in [1.82, 2.24) is 0 Å². The van der Waals surface area contributed by atoms with E-state index in [4.69, 9.17) is 11.6 Å². The number of rotatable bonds is 0. The number of hydrogen-bond donors (Lipinski definition) is 1. The summed E-state index contributed by atoms with van der Waals surface area (Å²) in [6.07, 6.45) is 0. The van der Waals surface area contributed by atoms with Crippen molar-refractivity contribution in [2.45, 2.75) is 2.14 Å². The quantitative estimate of drug-likeness (QED) is 0.665. The molecule has 0 aromatic heterocycles. The summed E-state index contributed by atoms with van der Waals surface area (Å²) >= 11 is 15.7. The summed E-state index contributed by atoms with van der Waals surface area (Å²) in [5.41, 5.74) is 0.562. The minimum atomic E-state index is -0.671. The maximum atomic E-state index is 9.45. The molecule has 1 aromatic rings. The van der Waals surface area contributed by atoms with Gasteiger partial charge in [0, 0.05) is 0 Å². The molecular weight excluding hydrogens is 375 g/mol. The monoisotopic (exact) mass is 376 g/mol. The molecule has 5 heteroatoms. The molecule has 1 nitrogen and oxygen atoms in total. The molecule has 1 rings (SSSR count). The van der Waals surface area contributed by atoms with Crippen molar-refractivity contribution in [2.24, 2.45) is 0 Å². The zero-order valence-electron chi connectivity index (χ0n) is 5.69. The predicted molar refractivity (Wildman–Crippen MR) is 61.6 cm³/mol. The van der Waals surface area contributed by atoms with Gasteiger partial charge in [0.25, 0.3) is 0 Å². The maximum absolute atomic E-state index is 9.45. The molecule has 0 bridgehead atoms. The molecule has 0 heterocycles. The molecule has 0 aliphatic rings. The van der Waals surface area contributed by atoms with Crippen LogP contribution < -0.4 is 0 Å². The van der Waals surface area contributed by atoms with Gasteiger partial charge in [-0.1, -0.05) is 65.5 Å². The lowest BCUT2D eigenvalue weighted by Crippen LogP contribution is -1.98. The Kier molecular flexibility index (Phi) is 3.49. The van der Waals surface area contributed by atoms with Gasteiger partial charge < -0.3 is 5.11 Å². The molecule has 0 saturated heterocycles. The van der Waals surface area contributed by atoms with Crippen LogP contribution in [0.3, 0.4) is 0 Å². The average Bonchev–Trinajstić information content (AvgIpc) is 1.82. The third-order valence-electron chi connectivity index (χ3n) is 1.28. The summed E-state index contributed by atoms with van der Waals surface area (Å²) in [4.78, 5) is 0. The minimum absolute atomic E-state index is 0.133. The molecule has 12 heavy (non-hydrogen) atoms. The van der Waals surface area contributed by atoms with Crippen molar-refractivity contribution in [3.05, 3.63) is 28.8 Å². The molecule has 0 amide bonds. The molecule has 1 N–H and O–H groups in total. The molecule has 1 aromatic carbocycles. The van der Waals surface area contributed by atoms with Crippen LogP contribution in [0.15, 0.2) is 18.2 Å². The lowest BCUT2D eigenvalue weighted by atomic mass is 10.2. The zero-order chi connectivity index (χ0) is 9.35. The summed E-state index contributed by atoms with van der Waals surface area (Å²) in [7, 11) is 0. The summed E-state index contributed by atoms with van der Waals surface area (Å²) in [6, 6.07) is 4.95. The van der Waals surface area contributed by atoms with E-state index < -0.39 is 2.14 Å². The Morgan fingerprint density at radius 3 is 2.17 bits per heavy atom. The summed E-state index contributed by atoms with van der Waals surface area (Å²) < 4.78 is -0.671. The molecule has 0 unspecified atom stereocenters. The van der Waals surface area contributed by atoms with Gasteiger partial charge in [-0.25, -0.2) is 0 Å². The maximum Gasteiger partial charge on any atom is 0.164 e. The Hall–Kier alpha value is 0.750. The smallest absolute Gasteiger partial charge is 0.164 e. The lowest BCUT2D eigenvalue weighted by Gasteiger charge is -2.15. The summed E-state index contributed by atoms with van der Waals surface area (Å²) in [5, 5.41) is 9.94. The van der Waals surface area contributed by atoms with Crippen LogP contribution in [0.1, 0.15) is 5.56 Å². The van der Waals surface area contributed by atoms with Gasteiger partial charge in [0.1, 0.15) is 5.75 Å². The average molecular weight is 379 g/mol. The number of phenolic OH excluding ortho intramolecular Hbond substituents is 1. The van der Waals surface area contributed by atoms with E-state index in [-0.39, 0.29) is 5.75 Å². The SMILES string of the molecule is Oc1cccc(Cl)c1C(Br)(Br)Br. The second-order valence-electron chi connectivity index (χ2n) is 2.13.